The summed E-state index contributed by atoms with van der Waals surface area (Å²) in [4.78, 5) is 11.5. The van der Waals surface area contributed by atoms with Gasteiger partial charge in [0.15, 0.2) is 0 Å². The van der Waals surface area contributed by atoms with Crippen LogP contribution in [0.15, 0.2) is 12.4 Å². The van der Waals surface area contributed by atoms with E-state index in [2.05, 4.69) is 34.0 Å². The Bertz CT molecular complexity index is 420. The topological polar surface area (TPSA) is 41.1 Å². The summed E-state index contributed by atoms with van der Waals surface area (Å²) in [5, 5.41) is 3.49. The summed E-state index contributed by atoms with van der Waals surface area (Å²) in [7, 11) is 0. The first-order chi connectivity index (χ1) is 9.17. The van der Waals surface area contributed by atoms with Crippen LogP contribution in [0.1, 0.15) is 32.3 Å². The van der Waals surface area contributed by atoms with Crippen molar-refractivity contribution in [1.82, 2.24) is 15.3 Å². The van der Waals surface area contributed by atoms with Gasteiger partial charge >= 0.3 is 0 Å². The summed E-state index contributed by atoms with van der Waals surface area (Å²) in [5.74, 6) is 1.57. The molecule has 19 heavy (non-hydrogen) atoms. The third-order valence-electron chi connectivity index (χ3n) is 4.39. The Morgan fingerprint density at radius 1 is 1.32 bits per heavy atom. The monoisotopic (exact) mass is 260 g/mol. The lowest BCUT2D eigenvalue weighted by atomic mass is 9.87. The highest BCUT2D eigenvalue weighted by molar-refractivity contribution is 5.33. The summed E-state index contributed by atoms with van der Waals surface area (Å²) >= 11 is 0. The van der Waals surface area contributed by atoms with Crippen LogP contribution in [-0.2, 0) is 6.42 Å². The average molecular weight is 260 g/mol. The summed E-state index contributed by atoms with van der Waals surface area (Å²) in [5.41, 5.74) is 1.73. The molecule has 1 aromatic heterocycles. The molecule has 2 aliphatic rings. The summed E-state index contributed by atoms with van der Waals surface area (Å²) in [6.45, 7) is 9.00. The van der Waals surface area contributed by atoms with Gasteiger partial charge in [-0.3, -0.25) is 0 Å². The first-order valence-electron chi connectivity index (χ1n) is 7.43. The van der Waals surface area contributed by atoms with E-state index in [0.717, 1.165) is 32.0 Å². The van der Waals surface area contributed by atoms with Crippen LogP contribution >= 0.6 is 0 Å². The molecule has 0 amide bonds. The van der Waals surface area contributed by atoms with E-state index in [1.807, 2.05) is 12.4 Å². The van der Waals surface area contributed by atoms with Crippen molar-refractivity contribution in [3.8, 4) is 0 Å². The zero-order valence-corrected chi connectivity index (χ0v) is 12.0. The molecule has 1 spiro atoms. The molecule has 0 saturated carbocycles. The number of nitrogens with one attached hydrogen (secondary N) is 1. The zero-order valence-electron chi connectivity index (χ0n) is 12.0. The van der Waals surface area contributed by atoms with Gasteiger partial charge in [-0.25, -0.2) is 9.97 Å². The lowest BCUT2D eigenvalue weighted by Gasteiger charge is -2.22. The maximum Gasteiger partial charge on any atom is 0.225 e. The van der Waals surface area contributed by atoms with Crippen molar-refractivity contribution >= 4 is 5.95 Å². The zero-order chi connectivity index (χ0) is 13.3. The van der Waals surface area contributed by atoms with Gasteiger partial charge in [-0.15, -0.1) is 0 Å². The minimum absolute atomic E-state index is 0.486. The Morgan fingerprint density at radius 3 is 2.74 bits per heavy atom. The molecular formula is C15H24N4. The fourth-order valence-electron chi connectivity index (χ4n) is 3.34. The molecule has 1 N–H and O–H groups in total. The fraction of sp³-hybridized carbons (Fsp3) is 0.733. The number of hydrogen-bond donors (Lipinski definition) is 1. The van der Waals surface area contributed by atoms with E-state index >= 15 is 0 Å². The van der Waals surface area contributed by atoms with Gasteiger partial charge < -0.3 is 10.2 Å². The Labute approximate surface area is 115 Å². The number of anilines is 1. The van der Waals surface area contributed by atoms with Crippen molar-refractivity contribution in [1.29, 1.82) is 0 Å². The van der Waals surface area contributed by atoms with Gasteiger partial charge in [0.2, 0.25) is 5.95 Å². The molecular weight excluding hydrogens is 236 g/mol. The summed E-state index contributed by atoms with van der Waals surface area (Å²) in [6.07, 6.45) is 7.64. The van der Waals surface area contributed by atoms with E-state index in [0.29, 0.717) is 11.3 Å². The molecule has 0 aliphatic carbocycles. The molecule has 4 nitrogen and oxygen atoms in total. The first-order valence-corrected chi connectivity index (χ1v) is 7.43. The van der Waals surface area contributed by atoms with Gasteiger partial charge in [-0.1, -0.05) is 13.8 Å². The van der Waals surface area contributed by atoms with Crippen LogP contribution in [0.3, 0.4) is 0 Å². The Morgan fingerprint density at radius 2 is 2.11 bits per heavy atom. The second kappa shape index (κ2) is 5.08. The normalized spacial score (nSPS) is 26.8. The van der Waals surface area contributed by atoms with Gasteiger partial charge in [0.1, 0.15) is 0 Å². The van der Waals surface area contributed by atoms with Crippen molar-refractivity contribution in [3.05, 3.63) is 18.0 Å². The van der Waals surface area contributed by atoms with Crippen LogP contribution in [0.25, 0.3) is 0 Å². The number of hydrogen-bond acceptors (Lipinski definition) is 4. The van der Waals surface area contributed by atoms with Crippen LogP contribution in [0.2, 0.25) is 0 Å². The smallest absolute Gasteiger partial charge is 0.225 e. The molecule has 2 fully saturated rings. The van der Waals surface area contributed by atoms with Gasteiger partial charge in [-0.05, 0) is 37.3 Å². The SMILES string of the molecule is CC(C)Cc1cnc(N2CCC3(CCNC3)C2)nc1. The van der Waals surface area contributed by atoms with Crippen LogP contribution in [-0.4, -0.2) is 36.1 Å². The first kappa shape index (κ1) is 12.9. The predicted octanol–water partition coefficient (Wildman–Crippen LogP) is 1.86. The summed E-state index contributed by atoms with van der Waals surface area (Å²) < 4.78 is 0. The molecule has 1 unspecified atom stereocenters. The van der Waals surface area contributed by atoms with E-state index < -0.39 is 0 Å². The Balaban J connectivity index is 1.66. The standard InChI is InChI=1S/C15H24N4/c1-12(2)7-13-8-17-14(18-9-13)19-6-4-15(11-19)3-5-16-10-15/h8-9,12,16H,3-7,10-11H2,1-2H3. The van der Waals surface area contributed by atoms with Crippen molar-refractivity contribution < 1.29 is 0 Å². The van der Waals surface area contributed by atoms with Gasteiger partial charge in [0.05, 0.1) is 0 Å². The minimum atomic E-state index is 0.486. The third-order valence-corrected chi connectivity index (χ3v) is 4.39. The van der Waals surface area contributed by atoms with E-state index in [9.17, 15) is 0 Å². The molecule has 104 valence electrons. The molecule has 2 aliphatic heterocycles. The highest BCUT2D eigenvalue weighted by Gasteiger charge is 2.40. The van der Waals surface area contributed by atoms with Crippen LogP contribution in [0, 0.1) is 11.3 Å². The summed E-state index contributed by atoms with van der Waals surface area (Å²) in [6, 6.07) is 0. The fourth-order valence-corrected chi connectivity index (χ4v) is 3.34. The van der Waals surface area contributed by atoms with Gasteiger partial charge in [-0.2, -0.15) is 0 Å². The molecule has 1 atom stereocenters. The van der Waals surface area contributed by atoms with E-state index in [1.165, 1.54) is 24.9 Å². The lowest BCUT2D eigenvalue weighted by Crippen LogP contribution is -2.29. The Kier molecular flexibility index (Phi) is 3.44. The quantitative estimate of drug-likeness (QED) is 0.901. The van der Waals surface area contributed by atoms with E-state index in [4.69, 9.17) is 0 Å². The Hall–Kier alpha value is -1.16. The van der Waals surface area contributed by atoms with E-state index in [1.54, 1.807) is 0 Å². The molecule has 3 heterocycles. The highest BCUT2D eigenvalue weighted by atomic mass is 15.3. The molecule has 2 saturated heterocycles. The van der Waals surface area contributed by atoms with Crippen LogP contribution < -0.4 is 10.2 Å². The average Bonchev–Trinajstić information content (AvgIpc) is 3.01. The number of rotatable bonds is 3. The van der Waals surface area contributed by atoms with Crippen molar-refractivity contribution in [2.24, 2.45) is 11.3 Å². The van der Waals surface area contributed by atoms with E-state index in [-0.39, 0.29) is 0 Å². The number of nitrogens with zero attached hydrogens (tertiary/aromatic N) is 3. The van der Waals surface area contributed by atoms with Crippen molar-refractivity contribution in [2.45, 2.75) is 33.1 Å². The molecule has 4 heteroatoms. The highest BCUT2D eigenvalue weighted by Crippen LogP contribution is 2.37. The van der Waals surface area contributed by atoms with Crippen molar-refractivity contribution in [3.63, 3.8) is 0 Å². The maximum atomic E-state index is 4.56. The van der Waals surface area contributed by atoms with Crippen LogP contribution in [0.5, 0.6) is 0 Å². The largest absolute Gasteiger partial charge is 0.340 e. The third kappa shape index (κ3) is 2.73. The second-order valence-electron chi connectivity index (χ2n) is 6.59. The van der Waals surface area contributed by atoms with Crippen molar-refractivity contribution in [2.75, 3.05) is 31.1 Å². The molecule has 3 rings (SSSR count). The minimum Gasteiger partial charge on any atom is -0.340 e. The predicted molar refractivity (Wildman–Crippen MR) is 77.3 cm³/mol. The number of aromatic nitrogens is 2. The lowest BCUT2D eigenvalue weighted by molar-refractivity contribution is 0.369. The van der Waals surface area contributed by atoms with Gasteiger partial charge in [0, 0.05) is 37.4 Å². The maximum absolute atomic E-state index is 4.56. The van der Waals surface area contributed by atoms with Gasteiger partial charge in [0.25, 0.3) is 0 Å². The second-order valence-corrected chi connectivity index (χ2v) is 6.59. The molecule has 0 radical (unpaired) electrons. The molecule has 0 aromatic carbocycles. The molecule has 1 aromatic rings. The molecule has 0 bridgehead atoms. The van der Waals surface area contributed by atoms with Crippen LogP contribution in [0.4, 0.5) is 5.95 Å².